The van der Waals surface area contributed by atoms with Crippen molar-refractivity contribution in [3.63, 3.8) is 0 Å². The number of hydrogen-bond acceptors (Lipinski definition) is 6. The quantitative estimate of drug-likeness (QED) is 0.0261. The number of ether oxygens (including phenoxy) is 3. The van der Waals surface area contributed by atoms with Gasteiger partial charge in [0.15, 0.2) is 6.10 Å². The Morgan fingerprint density at radius 3 is 0.711 bits per heavy atom. The molecule has 0 N–H and O–H groups in total. The highest BCUT2D eigenvalue weighted by atomic mass is 16.6. The molecule has 83 heavy (non-hydrogen) atoms. The second-order valence-electron chi connectivity index (χ2n) is 24.5. The molecule has 0 spiro atoms. The Morgan fingerprint density at radius 2 is 0.458 bits per heavy atom. The Kier molecular flexibility index (Phi) is 68.6. The lowest BCUT2D eigenvalue weighted by Gasteiger charge is -2.18. The second kappa shape index (κ2) is 71.3. The molecule has 0 saturated carbocycles. The van der Waals surface area contributed by atoms with E-state index in [4.69, 9.17) is 14.2 Å². The first-order chi connectivity index (χ1) is 41.0. The van der Waals surface area contributed by atoms with Crippen LogP contribution in [-0.2, 0) is 28.6 Å². The highest BCUT2D eigenvalue weighted by Crippen LogP contribution is 2.18. The predicted octanol–water partition coefficient (Wildman–Crippen LogP) is 25.2. The normalized spacial score (nSPS) is 12.5. The summed E-state index contributed by atoms with van der Waals surface area (Å²) in [6, 6.07) is 0. The fraction of sp³-hybridized carbons (Fsp3) is 0.805. The lowest BCUT2D eigenvalue weighted by Crippen LogP contribution is -2.30. The maximum Gasteiger partial charge on any atom is 0.306 e. The van der Waals surface area contributed by atoms with Gasteiger partial charge in [0.1, 0.15) is 13.2 Å². The lowest BCUT2D eigenvalue weighted by molar-refractivity contribution is -0.167. The largest absolute Gasteiger partial charge is 0.462 e. The molecule has 0 aliphatic rings. The van der Waals surface area contributed by atoms with Gasteiger partial charge in [-0.05, 0) is 109 Å². The molecule has 6 nitrogen and oxygen atoms in total. The minimum absolute atomic E-state index is 0.0783. The molecule has 0 heterocycles. The smallest absolute Gasteiger partial charge is 0.306 e. The van der Waals surface area contributed by atoms with Gasteiger partial charge in [0.2, 0.25) is 0 Å². The molecule has 0 radical (unpaired) electrons. The van der Waals surface area contributed by atoms with E-state index in [0.717, 1.165) is 96.3 Å². The van der Waals surface area contributed by atoms with E-state index in [0.29, 0.717) is 19.3 Å². The van der Waals surface area contributed by atoms with Crippen molar-refractivity contribution >= 4 is 17.9 Å². The van der Waals surface area contributed by atoms with Crippen LogP contribution in [0.4, 0.5) is 0 Å². The molecular formula is C77H138O6. The summed E-state index contributed by atoms with van der Waals surface area (Å²) in [4.78, 5) is 38.4. The van der Waals surface area contributed by atoms with Crippen LogP contribution in [0.3, 0.4) is 0 Å². The van der Waals surface area contributed by atoms with Crippen molar-refractivity contribution in [2.45, 2.75) is 386 Å². The average Bonchev–Trinajstić information content (AvgIpc) is 3.49. The highest BCUT2D eigenvalue weighted by Gasteiger charge is 2.19. The Balaban J connectivity index is 4.20. The van der Waals surface area contributed by atoms with Gasteiger partial charge in [-0.1, -0.05) is 325 Å². The third-order valence-corrected chi connectivity index (χ3v) is 16.1. The highest BCUT2D eigenvalue weighted by molar-refractivity contribution is 5.71. The molecule has 0 rings (SSSR count). The van der Waals surface area contributed by atoms with Gasteiger partial charge < -0.3 is 14.2 Å². The van der Waals surface area contributed by atoms with Gasteiger partial charge >= 0.3 is 17.9 Å². The van der Waals surface area contributed by atoms with Crippen LogP contribution in [0.1, 0.15) is 380 Å². The third kappa shape index (κ3) is 69.5. The van der Waals surface area contributed by atoms with E-state index < -0.39 is 6.10 Å². The van der Waals surface area contributed by atoms with E-state index in [1.807, 2.05) is 0 Å². The first-order valence-electron chi connectivity index (χ1n) is 36.4. The zero-order chi connectivity index (χ0) is 59.9. The summed E-state index contributed by atoms with van der Waals surface area (Å²) < 4.78 is 17.0. The van der Waals surface area contributed by atoms with Crippen LogP contribution in [0.2, 0.25) is 0 Å². The van der Waals surface area contributed by atoms with Crippen LogP contribution in [0, 0.1) is 0 Å². The minimum atomic E-state index is -0.784. The Hall–Kier alpha value is -3.15. The third-order valence-electron chi connectivity index (χ3n) is 16.1. The summed E-state index contributed by atoms with van der Waals surface area (Å²) >= 11 is 0. The first kappa shape index (κ1) is 79.8. The number of carbonyl (C=O) groups excluding carboxylic acids is 3. The van der Waals surface area contributed by atoms with Crippen LogP contribution < -0.4 is 0 Å². The summed E-state index contributed by atoms with van der Waals surface area (Å²) in [6.45, 7) is 6.59. The van der Waals surface area contributed by atoms with Gasteiger partial charge in [-0.15, -0.1) is 0 Å². The van der Waals surface area contributed by atoms with Crippen LogP contribution in [-0.4, -0.2) is 37.2 Å². The average molecular weight is 1160 g/mol. The zero-order valence-corrected chi connectivity index (χ0v) is 55.5. The first-order valence-corrected chi connectivity index (χ1v) is 36.4. The van der Waals surface area contributed by atoms with Crippen LogP contribution in [0.15, 0.2) is 72.9 Å². The van der Waals surface area contributed by atoms with Crippen molar-refractivity contribution in [1.29, 1.82) is 0 Å². The molecule has 0 saturated heterocycles. The molecule has 0 fully saturated rings. The fourth-order valence-corrected chi connectivity index (χ4v) is 10.7. The number of hydrogen-bond donors (Lipinski definition) is 0. The van der Waals surface area contributed by atoms with Gasteiger partial charge in [0.25, 0.3) is 0 Å². The van der Waals surface area contributed by atoms with Crippen LogP contribution in [0.5, 0.6) is 0 Å². The van der Waals surface area contributed by atoms with Crippen molar-refractivity contribution in [3.05, 3.63) is 72.9 Å². The molecule has 0 aliphatic carbocycles. The minimum Gasteiger partial charge on any atom is -0.462 e. The van der Waals surface area contributed by atoms with Crippen LogP contribution in [0.25, 0.3) is 0 Å². The molecule has 1 unspecified atom stereocenters. The number of rotatable bonds is 67. The van der Waals surface area contributed by atoms with Crippen LogP contribution >= 0.6 is 0 Å². The topological polar surface area (TPSA) is 78.9 Å². The van der Waals surface area contributed by atoms with Gasteiger partial charge in [0.05, 0.1) is 0 Å². The van der Waals surface area contributed by atoms with E-state index in [-0.39, 0.29) is 31.1 Å². The van der Waals surface area contributed by atoms with Gasteiger partial charge in [-0.3, -0.25) is 14.4 Å². The molecule has 0 aliphatic heterocycles. The second-order valence-corrected chi connectivity index (χ2v) is 24.5. The van der Waals surface area contributed by atoms with Crippen molar-refractivity contribution < 1.29 is 28.6 Å². The molecule has 6 heteroatoms. The predicted molar refractivity (Wildman–Crippen MR) is 362 cm³/mol. The molecule has 0 bridgehead atoms. The number of carbonyl (C=O) groups is 3. The number of esters is 3. The summed E-state index contributed by atoms with van der Waals surface area (Å²) in [5.74, 6) is -0.877. The summed E-state index contributed by atoms with van der Waals surface area (Å²) in [7, 11) is 0. The Labute approximate surface area is 516 Å². The summed E-state index contributed by atoms with van der Waals surface area (Å²) in [5, 5.41) is 0. The zero-order valence-electron chi connectivity index (χ0n) is 55.5. The van der Waals surface area contributed by atoms with Gasteiger partial charge in [-0.25, -0.2) is 0 Å². The van der Waals surface area contributed by atoms with E-state index in [2.05, 4.69) is 93.7 Å². The van der Waals surface area contributed by atoms with E-state index in [9.17, 15) is 14.4 Å². The molecular weight excluding hydrogens is 1020 g/mol. The molecule has 0 aromatic rings. The van der Waals surface area contributed by atoms with E-state index in [1.54, 1.807) is 0 Å². The van der Waals surface area contributed by atoms with Crippen molar-refractivity contribution in [2.24, 2.45) is 0 Å². The molecule has 1 atom stereocenters. The Bertz CT molecular complexity index is 1520. The fourth-order valence-electron chi connectivity index (χ4n) is 10.7. The monoisotopic (exact) mass is 1160 g/mol. The summed E-state index contributed by atoms with van der Waals surface area (Å²) in [6.07, 6.45) is 93.7. The lowest BCUT2D eigenvalue weighted by atomic mass is 10.0. The molecule has 0 amide bonds. The SMILES string of the molecule is CCC/C=C\C/C=C\CCCCCCCC(=O)OCC(COC(=O)CCCCCCCCCCCCCCCCCCCCC/C=C\C/C=C\CCCCCCC)OC(=O)CCCCCCCCCCC/C=C\C/C=C\CCCCCCC. The van der Waals surface area contributed by atoms with Gasteiger partial charge in [0, 0.05) is 19.3 Å². The van der Waals surface area contributed by atoms with Crippen molar-refractivity contribution in [3.8, 4) is 0 Å². The van der Waals surface area contributed by atoms with Gasteiger partial charge in [-0.2, -0.15) is 0 Å². The molecule has 0 aromatic carbocycles. The van der Waals surface area contributed by atoms with Crippen molar-refractivity contribution in [2.75, 3.05) is 13.2 Å². The van der Waals surface area contributed by atoms with Crippen molar-refractivity contribution in [1.82, 2.24) is 0 Å². The Morgan fingerprint density at radius 1 is 0.241 bits per heavy atom. The van der Waals surface area contributed by atoms with E-state index in [1.165, 1.54) is 244 Å². The number of allylic oxidation sites excluding steroid dienone is 12. The maximum absolute atomic E-state index is 12.9. The standard InChI is InChI=1S/C77H138O6/c1-4-7-10-13-16-19-22-25-27-29-31-33-34-35-36-37-38-39-40-41-42-44-45-47-49-52-55-58-61-64-67-70-76(79)82-73-74(72-81-75(78)69-66-63-60-57-54-51-24-21-18-15-12-9-6-3)83-77(80)71-68-65-62-59-56-53-50-48-46-43-32-30-28-26-23-20-17-14-11-8-5-2/h12,15,21-26,29-32,74H,4-11,13-14,16-20,27-28,33-73H2,1-3H3/b15-12-,24-21-,25-22-,26-23-,31-29-,32-30-. The number of unbranched alkanes of at least 4 members (excludes halogenated alkanes) is 44. The van der Waals surface area contributed by atoms with E-state index >= 15 is 0 Å². The molecule has 0 aromatic heterocycles. The maximum atomic E-state index is 12.9. The summed E-state index contributed by atoms with van der Waals surface area (Å²) in [5.41, 5.74) is 0. The molecule has 482 valence electrons.